The highest BCUT2D eigenvalue weighted by molar-refractivity contribution is 5.90. The normalized spacial score (nSPS) is 18.3. The highest BCUT2D eigenvalue weighted by atomic mass is 16.4. The molecule has 3 nitrogen and oxygen atoms in total. The predicted octanol–water partition coefficient (Wildman–Crippen LogP) is 3.53. The van der Waals surface area contributed by atoms with E-state index in [4.69, 9.17) is 5.11 Å². The third-order valence-electron chi connectivity index (χ3n) is 1.75. The van der Waals surface area contributed by atoms with Crippen molar-refractivity contribution in [1.82, 2.24) is 0 Å². The lowest BCUT2D eigenvalue weighted by atomic mass is 9.96. The largest absolute Gasteiger partial charge is 0.511 e. The summed E-state index contributed by atoms with van der Waals surface area (Å²) in [6, 6.07) is 0. The minimum atomic E-state index is -1.06. The van der Waals surface area contributed by atoms with Crippen LogP contribution in [0.15, 0.2) is 23.5 Å². The van der Waals surface area contributed by atoms with E-state index >= 15 is 0 Å². The number of carboxylic acids is 1. The molecule has 0 aromatic rings. The van der Waals surface area contributed by atoms with Crippen LogP contribution in [0.2, 0.25) is 0 Å². The third-order valence-corrected chi connectivity index (χ3v) is 1.75. The van der Waals surface area contributed by atoms with Crippen LogP contribution >= 0.6 is 0 Å². The quantitative estimate of drug-likeness (QED) is 0.702. The Bertz CT molecular complexity index is 239. The van der Waals surface area contributed by atoms with Crippen molar-refractivity contribution in [3.8, 4) is 0 Å². The molecule has 0 saturated carbocycles. The number of rotatable bonds is 1. The molecule has 15 heavy (non-hydrogen) atoms. The van der Waals surface area contributed by atoms with Crippen LogP contribution in [-0.2, 0) is 4.79 Å². The van der Waals surface area contributed by atoms with Crippen molar-refractivity contribution in [2.24, 2.45) is 5.92 Å². The SMILES string of the molecule is CC.CC.CC1CC=CC(C(=O)O)=C1O. The fourth-order valence-electron chi connectivity index (χ4n) is 1.03. The molecule has 0 saturated heterocycles. The molecule has 0 fully saturated rings. The van der Waals surface area contributed by atoms with E-state index in [1.807, 2.05) is 27.7 Å². The van der Waals surface area contributed by atoms with Gasteiger partial charge in [-0.1, -0.05) is 40.7 Å². The number of aliphatic hydroxyl groups excluding tert-OH is 1. The Kier molecular flexibility index (Phi) is 10.0. The van der Waals surface area contributed by atoms with Crippen LogP contribution < -0.4 is 0 Å². The summed E-state index contributed by atoms with van der Waals surface area (Å²) in [7, 11) is 0. The number of hydrogen-bond acceptors (Lipinski definition) is 2. The Hall–Kier alpha value is -1.25. The molecule has 0 aromatic heterocycles. The van der Waals surface area contributed by atoms with E-state index < -0.39 is 5.97 Å². The Morgan fingerprint density at radius 2 is 1.80 bits per heavy atom. The zero-order chi connectivity index (χ0) is 12.4. The molecule has 1 aliphatic rings. The van der Waals surface area contributed by atoms with Crippen molar-refractivity contribution in [2.45, 2.75) is 41.0 Å². The molecule has 0 bridgehead atoms. The van der Waals surface area contributed by atoms with Crippen molar-refractivity contribution in [3.05, 3.63) is 23.5 Å². The van der Waals surface area contributed by atoms with Gasteiger partial charge in [-0.2, -0.15) is 0 Å². The second-order valence-electron chi connectivity index (χ2n) is 2.64. The number of carbonyl (C=O) groups is 1. The maximum Gasteiger partial charge on any atom is 0.339 e. The van der Waals surface area contributed by atoms with E-state index in [0.717, 1.165) is 0 Å². The summed E-state index contributed by atoms with van der Waals surface area (Å²) in [6.07, 6.45) is 3.91. The van der Waals surface area contributed by atoms with Gasteiger partial charge in [0.25, 0.3) is 0 Å². The summed E-state index contributed by atoms with van der Waals surface area (Å²) in [4.78, 5) is 10.4. The second-order valence-corrected chi connectivity index (χ2v) is 2.64. The molecule has 0 heterocycles. The summed E-state index contributed by atoms with van der Waals surface area (Å²) < 4.78 is 0. The molecule has 3 heteroatoms. The van der Waals surface area contributed by atoms with Gasteiger partial charge in [0.05, 0.1) is 5.57 Å². The second kappa shape index (κ2) is 9.31. The molecule has 0 amide bonds. The van der Waals surface area contributed by atoms with Crippen molar-refractivity contribution in [2.75, 3.05) is 0 Å². The molecule has 1 atom stereocenters. The minimum Gasteiger partial charge on any atom is -0.511 e. The predicted molar refractivity (Wildman–Crippen MR) is 62.9 cm³/mol. The van der Waals surface area contributed by atoms with Crippen LogP contribution in [0.3, 0.4) is 0 Å². The van der Waals surface area contributed by atoms with E-state index in [9.17, 15) is 9.90 Å². The van der Waals surface area contributed by atoms with Gasteiger partial charge in [-0.25, -0.2) is 4.79 Å². The molecule has 0 aromatic carbocycles. The van der Waals surface area contributed by atoms with E-state index in [1.54, 1.807) is 13.0 Å². The van der Waals surface area contributed by atoms with E-state index in [2.05, 4.69) is 0 Å². The maximum absolute atomic E-state index is 10.4. The monoisotopic (exact) mass is 214 g/mol. The van der Waals surface area contributed by atoms with Crippen LogP contribution in [0.5, 0.6) is 0 Å². The van der Waals surface area contributed by atoms with Gasteiger partial charge in [0.2, 0.25) is 0 Å². The first kappa shape index (κ1) is 16.2. The van der Waals surface area contributed by atoms with Gasteiger partial charge in [-0.3, -0.25) is 0 Å². The molecular formula is C12H22O3. The van der Waals surface area contributed by atoms with Crippen molar-refractivity contribution >= 4 is 5.97 Å². The lowest BCUT2D eigenvalue weighted by Gasteiger charge is -2.13. The Morgan fingerprint density at radius 1 is 1.33 bits per heavy atom. The zero-order valence-electron chi connectivity index (χ0n) is 10.2. The molecule has 1 unspecified atom stereocenters. The van der Waals surface area contributed by atoms with Gasteiger partial charge >= 0.3 is 5.97 Å². The number of aliphatic hydroxyl groups is 1. The molecule has 0 spiro atoms. The summed E-state index contributed by atoms with van der Waals surface area (Å²) in [5.74, 6) is -1.14. The number of hydrogen-bond donors (Lipinski definition) is 2. The molecule has 0 radical (unpaired) electrons. The Morgan fingerprint density at radius 3 is 2.13 bits per heavy atom. The van der Waals surface area contributed by atoms with Gasteiger partial charge in [0.1, 0.15) is 5.76 Å². The van der Waals surface area contributed by atoms with Gasteiger partial charge in [0, 0.05) is 5.92 Å². The number of aliphatic carboxylic acids is 1. The molecule has 1 aliphatic carbocycles. The minimum absolute atomic E-state index is 0.0139. The number of carboxylic acid groups (broad SMARTS) is 1. The highest BCUT2D eigenvalue weighted by Gasteiger charge is 2.18. The van der Waals surface area contributed by atoms with Crippen molar-refractivity contribution in [3.63, 3.8) is 0 Å². The first-order valence-electron chi connectivity index (χ1n) is 5.46. The molecular weight excluding hydrogens is 192 g/mol. The van der Waals surface area contributed by atoms with E-state index in [1.165, 1.54) is 6.08 Å². The fourth-order valence-corrected chi connectivity index (χ4v) is 1.03. The summed E-state index contributed by atoms with van der Waals surface area (Å²) in [5, 5.41) is 17.8. The topological polar surface area (TPSA) is 57.5 Å². The average molecular weight is 214 g/mol. The summed E-state index contributed by atoms with van der Waals surface area (Å²) >= 11 is 0. The molecule has 1 rings (SSSR count). The number of allylic oxidation sites excluding steroid dienone is 2. The lowest BCUT2D eigenvalue weighted by Crippen LogP contribution is -2.11. The van der Waals surface area contributed by atoms with Gasteiger partial charge in [0.15, 0.2) is 0 Å². The van der Waals surface area contributed by atoms with Gasteiger partial charge < -0.3 is 10.2 Å². The van der Waals surface area contributed by atoms with E-state index in [0.29, 0.717) is 6.42 Å². The molecule has 2 N–H and O–H groups in total. The van der Waals surface area contributed by atoms with Gasteiger partial charge in [-0.15, -0.1) is 0 Å². The van der Waals surface area contributed by atoms with Crippen LogP contribution in [-0.4, -0.2) is 16.2 Å². The van der Waals surface area contributed by atoms with E-state index in [-0.39, 0.29) is 17.3 Å². The van der Waals surface area contributed by atoms with Gasteiger partial charge in [-0.05, 0) is 12.5 Å². The smallest absolute Gasteiger partial charge is 0.339 e. The van der Waals surface area contributed by atoms with Crippen LogP contribution in [0.25, 0.3) is 0 Å². The zero-order valence-corrected chi connectivity index (χ0v) is 10.2. The molecule has 0 aliphatic heterocycles. The first-order chi connectivity index (χ1) is 7.13. The first-order valence-corrected chi connectivity index (χ1v) is 5.46. The van der Waals surface area contributed by atoms with Crippen molar-refractivity contribution < 1.29 is 15.0 Å². The maximum atomic E-state index is 10.4. The van der Waals surface area contributed by atoms with Crippen molar-refractivity contribution in [1.29, 1.82) is 0 Å². The standard InChI is InChI=1S/C8H10O3.2C2H6/c1-5-3-2-4-6(7(5)9)8(10)11;2*1-2/h2,4-5,9H,3H2,1H3,(H,10,11);2*1-2H3. The Labute approximate surface area is 92.1 Å². The van der Waals surface area contributed by atoms with Crippen LogP contribution in [0, 0.1) is 5.92 Å². The fraction of sp³-hybridized carbons (Fsp3) is 0.583. The third kappa shape index (κ3) is 5.25. The average Bonchev–Trinajstić information content (AvgIpc) is 2.27. The lowest BCUT2D eigenvalue weighted by molar-refractivity contribution is -0.132. The summed E-state index contributed by atoms with van der Waals surface area (Å²) in [5.41, 5.74) is 0.0174. The Balaban J connectivity index is 0. The van der Waals surface area contributed by atoms with Crippen LogP contribution in [0.1, 0.15) is 41.0 Å². The van der Waals surface area contributed by atoms with Crippen LogP contribution in [0.4, 0.5) is 0 Å². The summed E-state index contributed by atoms with van der Waals surface area (Å²) in [6.45, 7) is 9.79. The highest BCUT2D eigenvalue weighted by Crippen LogP contribution is 2.22. The molecule has 88 valence electrons.